The number of hydrogen-bond acceptors (Lipinski definition) is 3. The molecule has 1 aliphatic heterocycles. The molecule has 0 bridgehead atoms. The quantitative estimate of drug-likeness (QED) is 0.846. The zero-order valence-electron chi connectivity index (χ0n) is 10.2. The zero-order chi connectivity index (χ0) is 13.1. The molecule has 98 valence electrons. The van der Waals surface area contributed by atoms with E-state index in [4.69, 9.17) is 21.4 Å². The van der Waals surface area contributed by atoms with Crippen molar-refractivity contribution in [1.82, 2.24) is 0 Å². The zero-order valence-corrected chi connectivity index (χ0v) is 10.9. The number of carbonyl (C=O) groups is 1. The number of ether oxygens (including phenoxy) is 1. The van der Waals surface area contributed by atoms with Gasteiger partial charge in [0.15, 0.2) is 0 Å². The molecule has 1 aromatic carbocycles. The number of halogens is 1. The third-order valence-corrected chi connectivity index (χ3v) is 3.57. The molecule has 0 aromatic heterocycles. The minimum absolute atomic E-state index is 0.0760. The number of amides is 1. The summed E-state index contributed by atoms with van der Waals surface area (Å²) in [6, 6.07) is 7.29. The number of carbonyl (C=O) groups excluding carboxylic acids is 1. The fourth-order valence-electron chi connectivity index (χ4n) is 2.04. The van der Waals surface area contributed by atoms with Crippen molar-refractivity contribution < 1.29 is 14.6 Å². The van der Waals surface area contributed by atoms with Crippen molar-refractivity contribution in [2.24, 2.45) is 5.92 Å². The molecule has 1 saturated heterocycles. The third-order valence-electron chi connectivity index (χ3n) is 3.03. The van der Waals surface area contributed by atoms with Gasteiger partial charge in [-0.05, 0) is 31.2 Å². The number of benzene rings is 1. The van der Waals surface area contributed by atoms with Crippen molar-refractivity contribution in [2.75, 3.05) is 24.7 Å². The van der Waals surface area contributed by atoms with Gasteiger partial charge in [-0.3, -0.25) is 4.79 Å². The number of rotatable bonds is 4. The molecule has 1 amide bonds. The summed E-state index contributed by atoms with van der Waals surface area (Å²) in [6.45, 7) is 2.91. The predicted molar refractivity (Wildman–Crippen MR) is 70.2 cm³/mol. The van der Waals surface area contributed by atoms with Gasteiger partial charge in [0.25, 0.3) is 0 Å². The number of nitrogens with zero attached hydrogens (tertiary/aromatic N) is 1. The topological polar surface area (TPSA) is 49.8 Å². The summed E-state index contributed by atoms with van der Waals surface area (Å²) in [5.74, 6) is 0.416. The van der Waals surface area contributed by atoms with Gasteiger partial charge in [0, 0.05) is 24.8 Å². The molecule has 0 spiro atoms. The largest absolute Gasteiger partial charge is 0.494 e. The molecule has 1 aromatic rings. The molecule has 1 aliphatic rings. The fourth-order valence-corrected chi connectivity index (χ4v) is 2.32. The first-order valence-electron chi connectivity index (χ1n) is 5.96. The molecule has 5 heteroatoms. The van der Waals surface area contributed by atoms with Crippen molar-refractivity contribution in [3.8, 4) is 5.75 Å². The predicted octanol–water partition coefficient (Wildman–Crippen LogP) is 1.65. The van der Waals surface area contributed by atoms with E-state index in [9.17, 15) is 4.79 Å². The number of aliphatic hydroxyl groups is 1. The normalized spacial score (nSPS) is 23.5. The summed E-state index contributed by atoms with van der Waals surface area (Å²) in [6.07, 6.45) is 0. The SMILES string of the molecule is CCOc1ccc(N2CC(CO)C(Cl)C2=O)cc1. The second-order valence-corrected chi connectivity index (χ2v) is 4.69. The minimum atomic E-state index is -0.637. The Morgan fingerprint density at radius 2 is 2.11 bits per heavy atom. The van der Waals surface area contributed by atoms with Gasteiger partial charge in [0.05, 0.1) is 6.61 Å². The van der Waals surface area contributed by atoms with Gasteiger partial charge in [-0.15, -0.1) is 11.6 Å². The van der Waals surface area contributed by atoms with Crippen molar-refractivity contribution in [3.63, 3.8) is 0 Å². The van der Waals surface area contributed by atoms with Crippen molar-refractivity contribution in [1.29, 1.82) is 0 Å². The summed E-state index contributed by atoms with van der Waals surface area (Å²) in [5, 5.41) is 8.51. The molecule has 0 saturated carbocycles. The summed E-state index contributed by atoms with van der Waals surface area (Å²) < 4.78 is 5.34. The Hall–Kier alpha value is -1.26. The molecule has 0 radical (unpaired) electrons. The van der Waals surface area contributed by atoms with Crippen molar-refractivity contribution in [2.45, 2.75) is 12.3 Å². The highest BCUT2D eigenvalue weighted by molar-refractivity contribution is 6.34. The van der Waals surface area contributed by atoms with Crippen LogP contribution in [-0.2, 0) is 4.79 Å². The molecule has 1 fully saturated rings. The highest BCUT2D eigenvalue weighted by atomic mass is 35.5. The Balaban J connectivity index is 2.14. The highest BCUT2D eigenvalue weighted by Gasteiger charge is 2.39. The Morgan fingerprint density at radius 1 is 1.44 bits per heavy atom. The van der Waals surface area contributed by atoms with Gasteiger partial charge in [-0.25, -0.2) is 0 Å². The third kappa shape index (κ3) is 2.44. The van der Waals surface area contributed by atoms with Gasteiger partial charge in [-0.1, -0.05) is 0 Å². The van der Waals surface area contributed by atoms with Crippen LogP contribution < -0.4 is 9.64 Å². The van der Waals surface area contributed by atoms with Crippen LogP contribution in [0.5, 0.6) is 5.75 Å². The van der Waals surface area contributed by atoms with Crippen LogP contribution in [0.25, 0.3) is 0 Å². The molecule has 2 unspecified atom stereocenters. The molecule has 0 aliphatic carbocycles. The van der Waals surface area contributed by atoms with Crippen molar-refractivity contribution >= 4 is 23.2 Å². The fraction of sp³-hybridized carbons (Fsp3) is 0.462. The van der Waals surface area contributed by atoms with Gasteiger partial charge in [-0.2, -0.15) is 0 Å². The number of aliphatic hydroxyl groups excluding tert-OH is 1. The van der Waals surface area contributed by atoms with E-state index in [1.807, 2.05) is 31.2 Å². The maximum Gasteiger partial charge on any atom is 0.245 e. The van der Waals surface area contributed by atoms with Crippen molar-refractivity contribution in [3.05, 3.63) is 24.3 Å². The van der Waals surface area contributed by atoms with E-state index in [0.717, 1.165) is 11.4 Å². The molecule has 2 atom stereocenters. The smallest absolute Gasteiger partial charge is 0.245 e. The summed E-state index contributed by atoms with van der Waals surface area (Å²) in [4.78, 5) is 13.5. The Labute approximate surface area is 111 Å². The van der Waals surface area contributed by atoms with E-state index in [-0.39, 0.29) is 18.4 Å². The molecule has 1 N–H and O–H groups in total. The number of alkyl halides is 1. The first-order chi connectivity index (χ1) is 8.67. The number of hydrogen-bond donors (Lipinski definition) is 1. The average Bonchev–Trinajstić information content (AvgIpc) is 2.68. The van der Waals surface area contributed by atoms with Gasteiger partial charge in [0.2, 0.25) is 5.91 Å². The van der Waals surface area contributed by atoms with Crippen LogP contribution in [0.15, 0.2) is 24.3 Å². The second-order valence-electron chi connectivity index (χ2n) is 4.22. The Kier molecular flexibility index (Phi) is 4.09. The number of anilines is 1. The first kappa shape index (κ1) is 13.2. The molecule has 4 nitrogen and oxygen atoms in total. The van der Waals surface area contributed by atoms with E-state index >= 15 is 0 Å². The van der Waals surface area contributed by atoms with E-state index < -0.39 is 5.38 Å². The van der Waals surface area contributed by atoms with Gasteiger partial charge >= 0.3 is 0 Å². The first-order valence-corrected chi connectivity index (χ1v) is 6.40. The molecular formula is C13H16ClNO3. The van der Waals surface area contributed by atoms with Crippen LogP contribution >= 0.6 is 11.6 Å². The molecule has 2 rings (SSSR count). The summed E-state index contributed by atoms with van der Waals surface area (Å²) in [5.41, 5.74) is 0.782. The molecule has 1 heterocycles. The van der Waals surface area contributed by atoms with Crippen LogP contribution in [0.3, 0.4) is 0 Å². The maximum absolute atomic E-state index is 11.9. The molecule has 18 heavy (non-hydrogen) atoms. The van der Waals surface area contributed by atoms with Gasteiger partial charge < -0.3 is 14.7 Å². The van der Waals surface area contributed by atoms with E-state index in [1.165, 1.54) is 0 Å². The van der Waals surface area contributed by atoms with Gasteiger partial charge in [0.1, 0.15) is 11.1 Å². The lowest BCUT2D eigenvalue weighted by atomic mass is 10.1. The van der Waals surface area contributed by atoms with Crippen LogP contribution in [0.2, 0.25) is 0 Å². The van der Waals surface area contributed by atoms with E-state index in [1.54, 1.807) is 4.90 Å². The highest BCUT2D eigenvalue weighted by Crippen LogP contribution is 2.29. The summed E-state index contributed by atoms with van der Waals surface area (Å²) in [7, 11) is 0. The van der Waals surface area contributed by atoms with Crippen LogP contribution in [0.1, 0.15) is 6.92 Å². The standard InChI is InChI=1S/C13H16ClNO3/c1-2-18-11-5-3-10(4-6-11)15-7-9(8-16)12(14)13(15)17/h3-6,9,12,16H,2,7-8H2,1H3. The van der Waals surface area contributed by atoms with Crippen LogP contribution in [-0.4, -0.2) is 36.1 Å². The lowest BCUT2D eigenvalue weighted by Crippen LogP contribution is -2.27. The van der Waals surface area contributed by atoms with Crippen LogP contribution in [0.4, 0.5) is 5.69 Å². The lowest BCUT2D eigenvalue weighted by Gasteiger charge is -2.16. The molecular weight excluding hydrogens is 254 g/mol. The maximum atomic E-state index is 11.9. The van der Waals surface area contributed by atoms with Crippen LogP contribution in [0, 0.1) is 5.92 Å². The monoisotopic (exact) mass is 269 g/mol. The lowest BCUT2D eigenvalue weighted by molar-refractivity contribution is -0.117. The van der Waals surface area contributed by atoms with E-state index in [2.05, 4.69) is 0 Å². The minimum Gasteiger partial charge on any atom is -0.494 e. The second kappa shape index (κ2) is 5.59. The van der Waals surface area contributed by atoms with E-state index in [0.29, 0.717) is 13.2 Å². The average molecular weight is 270 g/mol. The Morgan fingerprint density at radius 3 is 2.61 bits per heavy atom. The Bertz CT molecular complexity index is 421. The summed E-state index contributed by atoms with van der Waals surface area (Å²) >= 11 is 5.98.